The smallest absolute Gasteiger partial charge is 0.191 e. The maximum absolute atomic E-state index is 4.72. The molecule has 6 heteroatoms. The fourth-order valence-corrected chi connectivity index (χ4v) is 3.49. The topological polar surface area (TPSA) is 57.5 Å². The highest BCUT2D eigenvalue weighted by Crippen LogP contribution is 2.18. The van der Waals surface area contributed by atoms with Gasteiger partial charge in [-0.25, -0.2) is 4.99 Å². The molecule has 1 aromatic heterocycles. The first-order chi connectivity index (χ1) is 13.6. The van der Waals surface area contributed by atoms with E-state index in [1.54, 1.807) is 0 Å². The molecule has 0 unspecified atom stereocenters. The van der Waals surface area contributed by atoms with Gasteiger partial charge in [-0.2, -0.15) is 5.10 Å². The zero-order valence-electron chi connectivity index (χ0n) is 17.5. The fraction of sp³-hybridized carbons (Fsp3) is 0.545. The van der Waals surface area contributed by atoms with Gasteiger partial charge in [-0.05, 0) is 56.0 Å². The van der Waals surface area contributed by atoms with Gasteiger partial charge in [0.25, 0.3) is 0 Å². The second-order valence-corrected chi connectivity index (χ2v) is 7.77. The largest absolute Gasteiger partial charge is 0.357 e. The summed E-state index contributed by atoms with van der Waals surface area (Å²) >= 11 is 0. The summed E-state index contributed by atoms with van der Waals surface area (Å²) < 4.78 is 1.87. The van der Waals surface area contributed by atoms with E-state index in [1.165, 1.54) is 37.1 Å². The van der Waals surface area contributed by atoms with E-state index in [0.29, 0.717) is 13.1 Å². The number of benzene rings is 1. The van der Waals surface area contributed by atoms with E-state index in [-0.39, 0.29) is 0 Å². The third-order valence-electron chi connectivity index (χ3n) is 5.43. The Morgan fingerprint density at radius 2 is 1.82 bits per heavy atom. The molecule has 0 saturated carbocycles. The van der Waals surface area contributed by atoms with Crippen LogP contribution in [0.2, 0.25) is 0 Å². The van der Waals surface area contributed by atoms with Crippen LogP contribution in [-0.2, 0) is 26.7 Å². The summed E-state index contributed by atoms with van der Waals surface area (Å²) in [4.78, 5) is 7.29. The molecule has 1 saturated heterocycles. The van der Waals surface area contributed by atoms with Gasteiger partial charge in [0.05, 0.1) is 18.8 Å². The minimum Gasteiger partial charge on any atom is -0.357 e. The van der Waals surface area contributed by atoms with Crippen molar-refractivity contribution < 1.29 is 0 Å². The van der Waals surface area contributed by atoms with Gasteiger partial charge < -0.3 is 10.6 Å². The van der Waals surface area contributed by atoms with E-state index in [1.807, 2.05) is 24.0 Å². The van der Waals surface area contributed by atoms with Gasteiger partial charge in [0, 0.05) is 26.3 Å². The molecule has 2 heterocycles. The molecule has 0 spiro atoms. The quantitative estimate of drug-likeness (QED) is 0.571. The molecule has 0 aliphatic carbocycles. The molecule has 2 aromatic rings. The number of piperidine rings is 1. The van der Waals surface area contributed by atoms with Crippen molar-refractivity contribution in [3.8, 4) is 0 Å². The molecular weight excluding hydrogens is 348 g/mol. The van der Waals surface area contributed by atoms with Crippen molar-refractivity contribution in [1.29, 1.82) is 0 Å². The standard InChI is InChI=1S/C22H34N6/c1-4-23-22(25-16-21-9-12-26-27(21)3)24-15-19-5-7-20(8-6-19)17-28-13-10-18(2)11-14-28/h5-9,12,18H,4,10-11,13-17H2,1-3H3,(H2,23,24,25). The Balaban J connectivity index is 1.51. The Bertz CT molecular complexity index is 741. The van der Waals surface area contributed by atoms with Crippen molar-refractivity contribution in [2.75, 3.05) is 19.6 Å². The Morgan fingerprint density at radius 1 is 1.11 bits per heavy atom. The summed E-state index contributed by atoms with van der Waals surface area (Å²) in [6.45, 7) is 10.2. The van der Waals surface area contributed by atoms with Gasteiger partial charge >= 0.3 is 0 Å². The molecule has 1 aliphatic heterocycles. The highest BCUT2D eigenvalue weighted by atomic mass is 15.3. The van der Waals surface area contributed by atoms with Crippen LogP contribution in [0.25, 0.3) is 0 Å². The number of guanidine groups is 1. The Morgan fingerprint density at radius 3 is 2.46 bits per heavy atom. The number of likely N-dealkylation sites (tertiary alicyclic amines) is 1. The monoisotopic (exact) mass is 382 g/mol. The van der Waals surface area contributed by atoms with Crippen LogP contribution in [0.5, 0.6) is 0 Å². The van der Waals surface area contributed by atoms with Gasteiger partial charge in [0.2, 0.25) is 0 Å². The number of nitrogens with zero attached hydrogens (tertiary/aromatic N) is 4. The zero-order chi connectivity index (χ0) is 19.8. The van der Waals surface area contributed by atoms with E-state index >= 15 is 0 Å². The normalized spacial score (nSPS) is 16.3. The average molecular weight is 383 g/mol. The summed E-state index contributed by atoms with van der Waals surface area (Å²) in [5, 5.41) is 10.9. The van der Waals surface area contributed by atoms with E-state index < -0.39 is 0 Å². The number of hydrogen-bond acceptors (Lipinski definition) is 3. The van der Waals surface area contributed by atoms with Crippen LogP contribution < -0.4 is 10.6 Å². The van der Waals surface area contributed by atoms with Crippen molar-refractivity contribution in [3.63, 3.8) is 0 Å². The molecule has 1 aliphatic rings. The Labute approximate surface area is 169 Å². The first-order valence-electron chi connectivity index (χ1n) is 10.4. The molecule has 1 aromatic carbocycles. The molecule has 28 heavy (non-hydrogen) atoms. The molecule has 0 radical (unpaired) electrons. The third-order valence-corrected chi connectivity index (χ3v) is 5.43. The number of aryl methyl sites for hydroxylation is 1. The van der Waals surface area contributed by atoms with Crippen LogP contribution in [0, 0.1) is 5.92 Å². The van der Waals surface area contributed by atoms with Crippen molar-refractivity contribution in [2.24, 2.45) is 18.0 Å². The van der Waals surface area contributed by atoms with Gasteiger partial charge in [0.15, 0.2) is 5.96 Å². The number of rotatable bonds is 7. The molecule has 3 rings (SSSR count). The molecule has 6 nitrogen and oxygen atoms in total. The molecule has 152 valence electrons. The minimum atomic E-state index is 0.669. The molecule has 1 fully saturated rings. The summed E-state index contributed by atoms with van der Waals surface area (Å²) in [7, 11) is 1.95. The van der Waals surface area contributed by atoms with Crippen LogP contribution in [0.1, 0.15) is 43.5 Å². The van der Waals surface area contributed by atoms with Crippen molar-refractivity contribution >= 4 is 5.96 Å². The van der Waals surface area contributed by atoms with E-state index in [0.717, 1.165) is 30.7 Å². The molecule has 0 atom stereocenters. The van der Waals surface area contributed by atoms with E-state index in [2.05, 4.69) is 58.7 Å². The fourth-order valence-electron chi connectivity index (χ4n) is 3.49. The van der Waals surface area contributed by atoms with Gasteiger partial charge in [0.1, 0.15) is 0 Å². The lowest BCUT2D eigenvalue weighted by Crippen LogP contribution is -2.37. The molecule has 0 bridgehead atoms. The van der Waals surface area contributed by atoms with Gasteiger partial charge in [-0.3, -0.25) is 9.58 Å². The highest BCUT2D eigenvalue weighted by molar-refractivity contribution is 5.79. The van der Waals surface area contributed by atoms with Crippen LogP contribution in [0.3, 0.4) is 0 Å². The molecule has 2 N–H and O–H groups in total. The predicted molar refractivity (Wildman–Crippen MR) is 115 cm³/mol. The lowest BCUT2D eigenvalue weighted by atomic mass is 9.99. The second kappa shape index (κ2) is 10.3. The maximum atomic E-state index is 4.72. The molecular formula is C22H34N6. The highest BCUT2D eigenvalue weighted by Gasteiger charge is 2.15. The number of nitrogens with one attached hydrogen (secondary N) is 2. The SMILES string of the molecule is CCNC(=NCc1ccc(CN2CCC(C)CC2)cc1)NCc1ccnn1C. The summed E-state index contributed by atoms with van der Waals surface area (Å²) in [6, 6.07) is 10.9. The number of hydrogen-bond donors (Lipinski definition) is 2. The first kappa shape index (κ1) is 20.4. The average Bonchev–Trinajstić information content (AvgIpc) is 3.12. The van der Waals surface area contributed by atoms with Crippen molar-refractivity contribution in [3.05, 3.63) is 53.3 Å². The van der Waals surface area contributed by atoms with Gasteiger partial charge in [-0.1, -0.05) is 31.2 Å². The maximum Gasteiger partial charge on any atom is 0.191 e. The second-order valence-electron chi connectivity index (χ2n) is 7.77. The van der Waals surface area contributed by atoms with Crippen LogP contribution >= 0.6 is 0 Å². The summed E-state index contributed by atoms with van der Waals surface area (Å²) in [5.74, 6) is 1.71. The van der Waals surface area contributed by atoms with Crippen molar-refractivity contribution in [1.82, 2.24) is 25.3 Å². The lowest BCUT2D eigenvalue weighted by Gasteiger charge is -2.30. The first-order valence-corrected chi connectivity index (χ1v) is 10.4. The Kier molecular flexibility index (Phi) is 7.48. The summed E-state index contributed by atoms with van der Waals surface area (Å²) in [6.07, 6.45) is 4.46. The Hall–Kier alpha value is -2.34. The van der Waals surface area contributed by atoms with E-state index in [4.69, 9.17) is 4.99 Å². The predicted octanol–water partition coefficient (Wildman–Crippen LogP) is 2.91. The lowest BCUT2D eigenvalue weighted by molar-refractivity contribution is 0.185. The minimum absolute atomic E-state index is 0.669. The third kappa shape index (κ3) is 6.09. The number of aromatic nitrogens is 2. The van der Waals surface area contributed by atoms with E-state index in [9.17, 15) is 0 Å². The zero-order valence-corrected chi connectivity index (χ0v) is 17.5. The molecule has 0 amide bonds. The van der Waals surface area contributed by atoms with Gasteiger partial charge in [-0.15, -0.1) is 0 Å². The summed E-state index contributed by atoms with van der Waals surface area (Å²) in [5.41, 5.74) is 3.75. The number of aliphatic imine (C=N–C) groups is 1. The van der Waals surface area contributed by atoms with Crippen molar-refractivity contribution in [2.45, 2.75) is 46.3 Å². The van der Waals surface area contributed by atoms with Crippen LogP contribution in [0.4, 0.5) is 0 Å². The van der Waals surface area contributed by atoms with Crippen LogP contribution in [0.15, 0.2) is 41.5 Å². The van der Waals surface area contributed by atoms with Crippen LogP contribution in [-0.4, -0.2) is 40.3 Å².